The minimum atomic E-state index is 0.547. The van der Waals surface area contributed by atoms with E-state index in [0.717, 1.165) is 19.0 Å². The highest BCUT2D eigenvalue weighted by Gasteiger charge is 2.23. The fraction of sp³-hybridized carbons (Fsp3) is 0.667. The molecule has 0 aromatic heterocycles. The molecule has 2 saturated heterocycles. The summed E-state index contributed by atoms with van der Waals surface area (Å²) in [6.07, 6.45) is 5.42. The summed E-state index contributed by atoms with van der Waals surface area (Å²) >= 11 is 0. The van der Waals surface area contributed by atoms with Crippen molar-refractivity contribution >= 4 is 0 Å². The van der Waals surface area contributed by atoms with Crippen molar-refractivity contribution in [2.45, 2.75) is 31.7 Å². The van der Waals surface area contributed by atoms with Gasteiger partial charge in [0.1, 0.15) is 0 Å². The minimum absolute atomic E-state index is 0.547. The number of likely N-dealkylation sites (tertiary alicyclic amines) is 1. The van der Waals surface area contributed by atoms with E-state index in [1.54, 1.807) is 0 Å². The normalized spacial score (nSPS) is 25.0. The number of hydrogen-bond donors (Lipinski definition) is 2. The highest BCUT2D eigenvalue weighted by atomic mass is 15.2. The van der Waals surface area contributed by atoms with Crippen LogP contribution in [0, 0.1) is 5.92 Å². The maximum Gasteiger partial charge on any atom is 0.0472 e. The summed E-state index contributed by atoms with van der Waals surface area (Å²) in [5, 5.41) is 7.26. The quantitative estimate of drug-likeness (QED) is 0.841. The Morgan fingerprint density at radius 3 is 2.67 bits per heavy atom. The van der Waals surface area contributed by atoms with Gasteiger partial charge in [-0.25, -0.2) is 0 Å². The van der Waals surface area contributed by atoms with E-state index in [4.69, 9.17) is 0 Å². The predicted octanol–water partition coefficient (Wildman–Crippen LogP) is 2.41. The third-order valence-electron chi connectivity index (χ3n) is 4.94. The van der Waals surface area contributed by atoms with Gasteiger partial charge >= 0.3 is 0 Å². The lowest BCUT2D eigenvalue weighted by atomic mass is 9.99. The number of piperidine rings is 1. The summed E-state index contributed by atoms with van der Waals surface area (Å²) in [5.41, 5.74) is 1.47. The van der Waals surface area contributed by atoms with Crippen molar-refractivity contribution in [3.63, 3.8) is 0 Å². The Labute approximate surface area is 129 Å². The molecule has 2 heterocycles. The molecule has 3 heteroatoms. The Morgan fingerprint density at radius 1 is 1.14 bits per heavy atom. The molecule has 0 bridgehead atoms. The van der Waals surface area contributed by atoms with Crippen molar-refractivity contribution < 1.29 is 0 Å². The summed E-state index contributed by atoms with van der Waals surface area (Å²) in [6.45, 7) is 7.15. The van der Waals surface area contributed by atoms with E-state index >= 15 is 0 Å². The van der Waals surface area contributed by atoms with Crippen LogP contribution in [0.15, 0.2) is 30.3 Å². The lowest BCUT2D eigenvalue weighted by Crippen LogP contribution is -2.39. The zero-order valence-electron chi connectivity index (χ0n) is 13.1. The monoisotopic (exact) mass is 287 g/mol. The van der Waals surface area contributed by atoms with Gasteiger partial charge in [0.2, 0.25) is 0 Å². The summed E-state index contributed by atoms with van der Waals surface area (Å²) in [4.78, 5) is 2.65. The van der Waals surface area contributed by atoms with E-state index in [0.29, 0.717) is 6.04 Å². The van der Waals surface area contributed by atoms with Gasteiger partial charge in [0.15, 0.2) is 0 Å². The SMILES string of the molecule is c1ccc(C(CNCC2CCCNC2)N2CCCC2)cc1. The molecule has 21 heavy (non-hydrogen) atoms. The van der Waals surface area contributed by atoms with Gasteiger partial charge < -0.3 is 10.6 Å². The van der Waals surface area contributed by atoms with Gasteiger partial charge in [-0.3, -0.25) is 4.90 Å². The average molecular weight is 287 g/mol. The highest BCUT2D eigenvalue weighted by Crippen LogP contribution is 2.24. The first-order valence-electron chi connectivity index (χ1n) is 8.64. The molecule has 0 saturated carbocycles. The summed E-state index contributed by atoms with van der Waals surface area (Å²) in [6, 6.07) is 11.6. The smallest absolute Gasteiger partial charge is 0.0472 e. The molecule has 0 amide bonds. The molecular weight excluding hydrogens is 258 g/mol. The van der Waals surface area contributed by atoms with E-state index in [2.05, 4.69) is 45.9 Å². The molecule has 0 radical (unpaired) electrons. The molecule has 2 N–H and O–H groups in total. The van der Waals surface area contributed by atoms with Gasteiger partial charge in [-0.15, -0.1) is 0 Å². The molecule has 3 nitrogen and oxygen atoms in total. The Hall–Kier alpha value is -0.900. The minimum Gasteiger partial charge on any atom is -0.316 e. The van der Waals surface area contributed by atoms with Crippen LogP contribution < -0.4 is 10.6 Å². The van der Waals surface area contributed by atoms with E-state index < -0.39 is 0 Å². The highest BCUT2D eigenvalue weighted by molar-refractivity contribution is 5.19. The Balaban J connectivity index is 1.54. The Morgan fingerprint density at radius 2 is 1.95 bits per heavy atom. The van der Waals surface area contributed by atoms with Gasteiger partial charge in [0, 0.05) is 12.6 Å². The van der Waals surface area contributed by atoms with Crippen LogP contribution >= 0.6 is 0 Å². The Kier molecular flexibility index (Phi) is 5.67. The summed E-state index contributed by atoms with van der Waals surface area (Å²) in [7, 11) is 0. The second-order valence-corrected chi connectivity index (χ2v) is 6.54. The average Bonchev–Trinajstić information content (AvgIpc) is 3.07. The number of rotatable bonds is 6. The van der Waals surface area contributed by atoms with Gasteiger partial charge in [-0.05, 0) is 69.9 Å². The van der Waals surface area contributed by atoms with Crippen molar-refractivity contribution in [3.8, 4) is 0 Å². The first kappa shape index (κ1) is 15.0. The maximum absolute atomic E-state index is 3.75. The molecule has 2 aliphatic heterocycles. The molecule has 1 aromatic carbocycles. The van der Waals surface area contributed by atoms with Gasteiger partial charge in [0.25, 0.3) is 0 Å². The molecule has 0 spiro atoms. The van der Waals surface area contributed by atoms with Crippen molar-refractivity contribution in [2.75, 3.05) is 39.3 Å². The van der Waals surface area contributed by atoms with Crippen LogP contribution in [0.1, 0.15) is 37.3 Å². The zero-order valence-corrected chi connectivity index (χ0v) is 13.1. The van der Waals surface area contributed by atoms with Crippen LogP contribution in [0.25, 0.3) is 0 Å². The molecule has 116 valence electrons. The summed E-state index contributed by atoms with van der Waals surface area (Å²) < 4.78 is 0. The second-order valence-electron chi connectivity index (χ2n) is 6.54. The fourth-order valence-corrected chi connectivity index (χ4v) is 3.71. The maximum atomic E-state index is 3.75. The third kappa shape index (κ3) is 4.29. The molecule has 2 aliphatic rings. The van der Waals surface area contributed by atoms with Crippen molar-refractivity contribution in [1.82, 2.24) is 15.5 Å². The molecule has 1 aromatic rings. The topological polar surface area (TPSA) is 27.3 Å². The van der Waals surface area contributed by atoms with Crippen LogP contribution in [-0.2, 0) is 0 Å². The molecule has 3 rings (SSSR count). The number of benzene rings is 1. The van der Waals surface area contributed by atoms with Crippen molar-refractivity contribution in [1.29, 1.82) is 0 Å². The fourth-order valence-electron chi connectivity index (χ4n) is 3.71. The van der Waals surface area contributed by atoms with Gasteiger partial charge in [-0.1, -0.05) is 30.3 Å². The second kappa shape index (κ2) is 7.92. The number of nitrogens with zero attached hydrogens (tertiary/aromatic N) is 1. The van der Waals surface area contributed by atoms with Crippen LogP contribution in [-0.4, -0.2) is 44.2 Å². The zero-order chi connectivity index (χ0) is 14.3. The molecule has 2 unspecified atom stereocenters. The van der Waals surface area contributed by atoms with Gasteiger partial charge in [-0.2, -0.15) is 0 Å². The predicted molar refractivity (Wildman–Crippen MR) is 88.5 cm³/mol. The largest absolute Gasteiger partial charge is 0.316 e. The molecule has 0 aliphatic carbocycles. The Bertz CT molecular complexity index is 394. The molecule has 2 fully saturated rings. The standard InChI is InChI=1S/C18H29N3/c1-2-8-17(9-3-1)18(21-11-4-5-12-21)15-20-14-16-7-6-10-19-13-16/h1-3,8-9,16,18-20H,4-7,10-15H2. The summed E-state index contributed by atoms with van der Waals surface area (Å²) in [5.74, 6) is 0.814. The van der Waals surface area contributed by atoms with E-state index in [1.165, 1.54) is 57.4 Å². The van der Waals surface area contributed by atoms with Crippen molar-refractivity contribution in [3.05, 3.63) is 35.9 Å². The molecular formula is C18H29N3. The first-order chi connectivity index (χ1) is 10.4. The van der Waals surface area contributed by atoms with Crippen molar-refractivity contribution in [2.24, 2.45) is 5.92 Å². The number of hydrogen-bond acceptors (Lipinski definition) is 3. The molecule has 2 atom stereocenters. The van der Waals surface area contributed by atoms with Crippen LogP contribution in [0.2, 0.25) is 0 Å². The first-order valence-corrected chi connectivity index (χ1v) is 8.64. The van der Waals surface area contributed by atoms with E-state index in [1.807, 2.05) is 0 Å². The van der Waals surface area contributed by atoms with E-state index in [-0.39, 0.29) is 0 Å². The van der Waals surface area contributed by atoms with Crippen LogP contribution in [0.4, 0.5) is 0 Å². The van der Waals surface area contributed by atoms with E-state index in [9.17, 15) is 0 Å². The van der Waals surface area contributed by atoms with Crippen LogP contribution in [0.5, 0.6) is 0 Å². The number of nitrogens with one attached hydrogen (secondary N) is 2. The van der Waals surface area contributed by atoms with Gasteiger partial charge in [0.05, 0.1) is 0 Å². The third-order valence-corrected chi connectivity index (χ3v) is 4.94. The van der Waals surface area contributed by atoms with Crippen LogP contribution in [0.3, 0.4) is 0 Å². The lowest BCUT2D eigenvalue weighted by Gasteiger charge is -2.30. The lowest BCUT2D eigenvalue weighted by molar-refractivity contribution is 0.233.